The Hall–Kier alpha value is -4.52. The Morgan fingerprint density at radius 3 is 1.35 bits per heavy atom. The molecule has 0 fully saturated rings. The first kappa shape index (κ1) is 46.5. The molecule has 5 rings (SSSR count). The zero-order chi connectivity index (χ0) is 44.6. The molecule has 5 aromatic carbocycles. The van der Waals surface area contributed by atoms with Gasteiger partial charge in [-0.3, -0.25) is 14.4 Å². The fourth-order valence-electron chi connectivity index (χ4n) is 6.59. The number of hydrogen-bond donors (Lipinski definition) is 2. The monoisotopic (exact) mass is 1090 g/mol. The number of halogens is 10. The van der Waals surface area contributed by atoms with Crippen LogP contribution in [0.5, 0.6) is 11.5 Å². The Bertz CT molecular complexity index is 2520. The molecule has 8 nitrogen and oxygen atoms in total. The summed E-state index contributed by atoms with van der Waals surface area (Å²) in [6.45, 7) is 6.59. The van der Waals surface area contributed by atoms with Crippen molar-refractivity contribution in [1.29, 1.82) is 0 Å². The average Bonchev–Trinajstić information content (AvgIpc) is 3.15. The van der Waals surface area contributed by atoms with Gasteiger partial charge in [0.2, 0.25) is 5.41 Å². The zero-order valence-corrected chi connectivity index (χ0v) is 38.1. The van der Waals surface area contributed by atoms with Crippen molar-refractivity contribution in [2.45, 2.75) is 45.5 Å². The Morgan fingerprint density at radius 2 is 0.950 bits per heavy atom. The van der Waals surface area contributed by atoms with Crippen molar-refractivity contribution in [3.05, 3.63) is 147 Å². The molecular weight excluding hydrogens is 1060 g/mol. The van der Waals surface area contributed by atoms with E-state index in [0.29, 0.717) is 57.9 Å². The minimum Gasteiger partial charge on any atom is -0.494 e. The molecule has 0 aliphatic heterocycles. The molecule has 0 aromatic heterocycles. The van der Waals surface area contributed by atoms with Gasteiger partial charge in [0.05, 0.1) is 30.6 Å². The van der Waals surface area contributed by atoms with Crippen LogP contribution in [0.1, 0.15) is 76.2 Å². The van der Waals surface area contributed by atoms with E-state index in [2.05, 4.69) is 74.4 Å². The Kier molecular flexibility index (Phi) is 13.8. The fraction of sp³-hybridized carbons (Fsp3) is 0.190. The number of ether oxygens (including phenoxy) is 2. The van der Waals surface area contributed by atoms with Crippen molar-refractivity contribution in [2.75, 3.05) is 17.7 Å². The molecule has 314 valence electrons. The molecule has 2 amide bonds. The van der Waals surface area contributed by atoms with Crippen LogP contribution >= 0.6 is 63.7 Å². The van der Waals surface area contributed by atoms with E-state index in [9.17, 15) is 45.5 Å². The normalized spacial score (nSPS) is 11.8. The first-order valence-corrected chi connectivity index (χ1v) is 20.4. The van der Waals surface area contributed by atoms with Gasteiger partial charge in [-0.1, -0.05) is 24.3 Å². The predicted molar refractivity (Wildman–Crippen MR) is 228 cm³/mol. The molecule has 0 unspecified atom stereocenters. The molecule has 0 saturated carbocycles. The second-order valence-electron chi connectivity index (χ2n) is 13.4. The molecule has 0 atom stereocenters. The highest BCUT2D eigenvalue weighted by atomic mass is 79.9. The topological polar surface area (TPSA) is 111 Å². The highest BCUT2D eigenvalue weighted by Gasteiger charge is 2.73. The minimum atomic E-state index is -5.94. The number of alkyl halides is 6. The highest BCUT2D eigenvalue weighted by molar-refractivity contribution is 9.11. The van der Waals surface area contributed by atoms with Crippen LogP contribution < -0.4 is 20.1 Å². The molecule has 0 bridgehead atoms. The van der Waals surface area contributed by atoms with Gasteiger partial charge in [-0.2, -0.15) is 26.3 Å². The number of carbonyl (C=O) groups excluding carboxylic acids is 4. The maximum absolute atomic E-state index is 15.0. The molecule has 0 aliphatic rings. The molecule has 5 aromatic rings. The number of rotatable bonds is 10. The lowest BCUT2D eigenvalue weighted by Crippen LogP contribution is -2.54. The lowest BCUT2D eigenvalue weighted by molar-refractivity contribution is -0.288. The smallest absolute Gasteiger partial charge is 0.411 e. The number of amides is 2. The van der Waals surface area contributed by atoms with Gasteiger partial charge >= 0.3 is 18.3 Å². The lowest BCUT2D eigenvalue weighted by Gasteiger charge is -2.39. The van der Waals surface area contributed by atoms with Crippen LogP contribution in [0.4, 0.5) is 37.7 Å². The van der Waals surface area contributed by atoms with E-state index in [0.717, 1.165) is 0 Å². The number of esters is 1. The van der Waals surface area contributed by atoms with Crippen molar-refractivity contribution < 1.29 is 55.0 Å². The zero-order valence-electron chi connectivity index (χ0n) is 31.7. The van der Waals surface area contributed by atoms with Crippen LogP contribution in [-0.4, -0.2) is 43.0 Å². The summed E-state index contributed by atoms with van der Waals surface area (Å²) in [4.78, 5) is 52.1. The van der Waals surface area contributed by atoms with Crippen LogP contribution in [0.15, 0.2) is 96.8 Å². The van der Waals surface area contributed by atoms with E-state index in [1.807, 2.05) is 0 Å². The van der Waals surface area contributed by atoms with Crippen molar-refractivity contribution in [1.82, 2.24) is 0 Å². The van der Waals surface area contributed by atoms with Gasteiger partial charge in [0.1, 0.15) is 5.75 Å². The second kappa shape index (κ2) is 17.8. The van der Waals surface area contributed by atoms with Crippen LogP contribution in [0.3, 0.4) is 0 Å². The number of carbonyl (C=O) groups is 4. The van der Waals surface area contributed by atoms with Gasteiger partial charge in [0.25, 0.3) is 11.8 Å². The van der Waals surface area contributed by atoms with E-state index < -0.39 is 61.4 Å². The Morgan fingerprint density at radius 1 is 0.567 bits per heavy atom. The summed E-state index contributed by atoms with van der Waals surface area (Å²) in [6.07, 6.45) is -11.9. The molecule has 18 heteroatoms. The SMILES string of the molecule is COc1c(Br)cc(C(c2cc(Br)c(OC(=O)c3cccc(C(=O)Nc4c(C)cc(C)c(NC(=O)c5cccc(C(C)=O)c5)c4C)c3)c(Br)c2)(C(F)(F)F)C(F)(F)F)cc1Br. The van der Waals surface area contributed by atoms with E-state index in [1.54, 1.807) is 45.0 Å². The summed E-state index contributed by atoms with van der Waals surface area (Å²) in [5.41, 5.74) is -3.97. The van der Waals surface area contributed by atoms with Gasteiger partial charge in [0.15, 0.2) is 11.5 Å². The number of methoxy groups -OCH3 is 1. The fourth-order valence-corrected chi connectivity index (χ4v) is 9.45. The van der Waals surface area contributed by atoms with E-state index >= 15 is 0 Å². The maximum atomic E-state index is 15.0. The van der Waals surface area contributed by atoms with Crippen LogP contribution in [0.25, 0.3) is 0 Å². The third kappa shape index (κ3) is 9.06. The Labute approximate surface area is 372 Å². The van der Waals surface area contributed by atoms with Gasteiger partial charge in [0, 0.05) is 28.1 Å². The van der Waals surface area contributed by atoms with Crippen molar-refractivity contribution in [2.24, 2.45) is 0 Å². The number of hydrogen-bond acceptors (Lipinski definition) is 6. The summed E-state index contributed by atoms with van der Waals surface area (Å²) in [5, 5.41) is 5.66. The molecule has 2 N–H and O–H groups in total. The third-order valence-corrected chi connectivity index (χ3v) is 11.8. The summed E-state index contributed by atoms with van der Waals surface area (Å²) < 4.78 is 99.3. The standard InChI is InChI=1S/C42H30Br4F6N2O6/c1-19-12-20(2)34(21(3)33(19)53-37(56)24-9-6-8-23(13-24)22(4)55)54-38(57)25-10-7-11-26(14-25)39(58)60-36-31(45)17-28(18-32(36)46)40(41(47,48)49,42(50,51)52)27-15-29(43)35(59-5)30(44)16-27/h6-18H,1-5H3,(H,53,56)(H,54,57). The number of Topliss-reactive ketones (excluding diaryl/α,β-unsaturated/α-hetero) is 1. The quantitative estimate of drug-likeness (QED) is 0.0624. The largest absolute Gasteiger partial charge is 0.494 e. The summed E-state index contributed by atoms with van der Waals surface area (Å²) in [6, 6.07) is 15.7. The minimum absolute atomic E-state index is 0.0131. The number of anilines is 2. The molecule has 0 saturated heterocycles. The maximum Gasteiger partial charge on any atom is 0.411 e. The van der Waals surface area contributed by atoms with Crippen molar-refractivity contribution >= 4 is 98.7 Å². The molecule has 0 heterocycles. The van der Waals surface area contributed by atoms with Crippen molar-refractivity contribution in [3.63, 3.8) is 0 Å². The number of benzene rings is 5. The summed E-state index contributed by atoms with van der Waals surface area (Å²) in [5.74, 6) is -2.93. The molecule has 0 radical (unpaired) electrons. The predicted octanol–water partition coefficient (Wildman–Crippen LogP) is 13.0. The molecule has 0 spiro atoms. The summed E-state index contributed by atoms with van der Waals surface area (Å²) in [7, 11) is 1.19. The van der Waals surface area contributed by atoms with E-state index in [4.69, 9.17) is 9.47 Å². The van der Waals surface area contributed by atoms with Gasteiger partial charge in [-0.15, -0.1) is 0 Å². The van der Waals surface area contributed by atoms with E-state index in [-0.39, 0.29) is 37.2 Å². The number of nitrogens with one attached hydrogen (secondary N) is 2. The Balaban J connectivity index is 1.44. The van der Waals surface area contributed by atoms with Gasteiger partial charge in [-0.25, -0.2) is 4.79 Å². The second-order valence-corrected chi connectivity index (χ2v) is 16.8. The lowest BCUT2D eigenvalue weighted by atomic mass is 9.73. The van der Waals surface area contributed by atoms with Crippen LogP contribution in [0.2, 0.25) is 0 Å². The highest BCUT2D eigenvalue weighted by Crippen LogP contribution is 2.58. The van der Waals surface area contributed by atoms with Crippen LogP contribution in [-0.2, 0) is 5.41 Å². The molecule has 60 heavy (non-hydrogen) atoms. The molecule has 0 aliphatic carbocycles. The number of ketones is 1. The number of aryl methyl sites for hydroxylation is 2. The first-order valence-electron chi connectivity index (χ1n) is 17.3. The first-order chi connectivity index (χ1) is 27.9. The average molecular weight is 1090 g/mol. The van der Waals surface area contributed by atoms with Gasteiger partial charge in [-0.05, 0) is 174 Å². The van der Waals surface area contributed by atoms with E-state index in [1.165, 1.54) is 44.4 Å². The third-order valence-electron chi connectivity index (χ3n) is 9.45. The van der Waals surface area contributed by atoms with Crippen LogP contribution in [0, 0.1) is 20.8 Å². The summed E-state index contributed by atoms with van der Waals surface area (Å²) >= 11 is 12.0. The molecular formula is C42H30Br4F6N2O6. The van der Waals surface area contributed by atoms with Gasteiger partial charge < -0.3 is 20.1 Å². The van der Waals surface area contributed by atoms with Crippen molar-refractivity contribution in [3.8, 4) is 11.5 Å².